The van der Waals surface area contributed by atoms with E-state index in [1.807, 2.05) is 54.6 Å². The summed E-state index contributed by atoms with van der Waals surface area (Å²) in [6, 6.07) is 16.3. The molecule has 124 valence electrons. The van der Waals surface area contributed by atoms with Crippen LogP contribution in [0.5, 0.6) is 0 Å². The number of carboxylic acid groups (broad SMARTS) is 1. The van der Waals surface area contributed by atoms with E-state index in [4.69, 9.17) is 0 Å². The van der Waals surface area contributed by atoms with Crippen molar-refractivity contribution in [2.45, 2.75) is 24.8 Å². The van der Waals surface area contributed by atoms with Crippen molar-refractivity contribution in [3.8, 4) is 0 Å². The molecule has 3 rings (SSSR count). The summed E-state index contributed by atoms with van der Waals surface area (Å²) < 4.78 is 1.00. The quantitative estimate of drug-likeness (QED) is 0.798. The smallest absolute Gasteiger partial charge is 0.326 e. The number of carbonyl (C=O) groups excluding carboxylic acids is 1. The summed E-state index contributed by atoms with van der Waals surface area (Å²) in [6.45, 7) is 0. The monoisotopic (exact) mass is 387 g/mol. The van der Waals surface area contributed by atoms with Crippen LogP contribution in [0.15, 0.2) is 59.1 Å². The molecule has 1 amide bonds. The van der Waals surface area contributed by atoms with E-state index >= 15 is 0 Å². The largest absolute Gasteiger partial charge is 0.480 e. The number of hydrogen-bond donors (Lipinski definition) is 2. The van der Waals surface area contributed by atoms with Crippen LogP contribution in [-0.4, -0.2) is 23.0 Å². The first-order valence-corrected chi connectivity index (χ1v) is 8.66. The second-order valence-corrected chi connectivity index (χ2v) is 7.01. The molecule has 4 nitrogen and oxygen atoms in total. The summed E-state index contributed by atoms with van der Waals surface area (Å²) >= 11 is 3.39. The molecule has 0 bridgehead atoms. The number of carbonyl (C=O) groups is 2. The fraction of sp³-hybridized carbons (Fsp3) is 0.263. The lowest BCUT2D eigenvalue weighted by Gasteiger charge is -2.14. The number of aliphatic carboxylic acids is 1. The summed E-state index contributed by atoms with van der Waals surface area (Å²) in [5.41, 5.74) is 2.01. The molecule has 5 heteroatoms. The summed E-state index contributed by atoms with van der Waals surface area (Å²) in [4.78, 5) is 23.8. The average Bonchev–Trinajstić information content (AvgIpc) is 3.36. The first-order valence-electron chi connectivity index (χ1n) is 7.87. The Morgan fingerprint density at radius 3 is 2.42 bits per heavy atom. The second-order valence-electron chi connectivity index (χ2n) is 6.09. The number of halogens is 1. The van der Waals surface area contributed by atoms with E-state index in [2.05, 4.69) is 21.2 Å². The maximum atomic E-state index is 12.4. The van der Waals surface area contributed by atoms with Crippen molar-refractivity contribution < 1.29 is 14.7 Å². The van der Waals surface area contributed by atoms with Crippen LogP contribution in [0, 0.1) is 5.92 Å². The van der Waals surface area contributed by atoms with E-state index < -0.39 is 12.0 Å². The van der Waals surface area contributed by atoms with Gasteiger partial charge >= 0.3 is 5.97 Å². The zero-order valence-electron chi connectivity index (χ0n) is 13.0. The molecule has 0 aromatic heterocycles. The van der Waals surface area contributed by atoms with Crippen molar-refractivity contribution in [1.29, 1.82) is 0 Å². The van der Waals surface area contributed by atoms with Gasteiger partial charge in [-0.1, -0.05) is 58.4 Å². The van der Waals surface area contributed by atoms with Gasteiger partial charge in [0.15, 0.2) is 0 Å². The third-order valence-electron chi connectivity index (χ3n) is 4.32. The van der Waals surface area contributed by atoms with Gasteiger partial charge in [0.1, 0.15) is 6.04 Å². The third kappa shape index (κ3) is 4.03. The number of benzene rings is 2. The van der Waals surface area contributed by atoms with E-state index in [0.717, 1.165) is 22.0 Å². The Morgan fingerprint density at radius 1 is 1.12 bits per heavy atom. The lowest BCUT2D eigenvalue weighted by atomic mass is 10.1. The normalized spacial score (nSPS) is 20.2. The first-order chi connectivity index (χ1) is 11.5. The SMILES string of the molecule is O=C(O)C(Cc1ccccc1)NC(=O)C1CC1c1ccc(Br)cc1. The molecule has 2 aromatic rings. The van der Waals surface area contributed by atoms with Crippen molar-refractivity contribution >= 4 is 27.8 Å². The molecule has 2 aromatic carbocycles. The topological polar surface area (TPSA) is 66.4 Å². The number of nitrogens with one attached hydrogen (secondary N) is 1. The van der Waals surface area contributed by atoms with Gasteiger partial charge in [0.2, 0.25) is 5.91 Å². The van der Waals surface area contributed by atoms with Crippen LogP contribution in [0.4, 0.5) is 0 Å². The van der Waals surface area contributed by atoms with Gasteiger partial charge in [-0.15, -0.1) is 0 Å². The zero-order chi connectivity index (χ0) is 17.1. The second kappa shape index (κ2) is 7.18. The van der Waals surface area contributed by atoms with E-state index in [9.17, 15) is 14.7 Å². The molecule has 1 aliphatic rings. The van der Waals surface area contributed by atoms with Crippen molar-refractivity contribution in [2.75, 3.05) is 0 Å². The highest BCUT2D eigenvalue weighted by atomic mass is 79.9. The molecular weight excluding hydrogens is 370 g/mol. The molecule has 0 saturated heterocycles. The minimum atomic E-state index is -1.01. The van der Waals surface area contributed by atoms with Gasteiger partial charge in [-0.25, -0.2) is 4.79 Å². The van der Waals surface area contributed by atoms with Crippen molar-refractivity contribution in [3.63, 3.8) is 0 Å². The van der Waals surface area contributed by atoms with Crippen molar-refractivity contribution in [2.24, 2.45) is 5.92 Å². The Kier molecular flexibility index (Phi) is 5.00. The summed E-state index contributed by atoms with van der Waals surface area (Å²) in [5.74, 6) is -1.13. The minimum absolute atomic E-state index is 0.135. The highest BCUT2D eigenvalue weighted by Gasteiger charge is 2.44. The van der Waals surface area contributed by atoms with Gasteiger partial charge in [-0.3, -0.25) is 4.79 Å². The van der Waals surface area contributed by atoms with E-state index in [-0.39, 0.29) is 24.2 Å². The van der Waals surface area contributed by atoms with Crippen LogP contribution < -0.4 is 5.32 Å². The van der Waals surface area contributed by atoms with Crippen LogP contribution in [0.1, 0.15) is 23.5 Å². The zero-order valence-corrected chi connectivity index (χ0v) is 14.6. The Bertz CT molecular complexity index is 730. The van der Waals surface area contributed by atoms with Gasteiger partial charge in [-0.2, -0.15) is 0 Å². The molecule has 1 aliphatic carbocycles. The molecule has 0 spiro atoms. The molecule has 3 unspecified atom stereocenters. The van der Waals surface area contributed by atoms with Crippen LogP contribution in [0.25, 0.3) is 0 Å². The minimum Gasteiger partial charge on any atom is -0.480 e. The highest BCUT2D eigenvalue weighted by molar-refractivity contribution is 9.10. The van der Waals surface area contributed by atoms with Crippen molar-refractivity contribution in [3.05, 3.63) is 70.2 Å². The lowest BCUT2D eigenvalue weighted by molar-refractivity contribution is -0.142. The maximum Gasteiger partial charge on any atom is 0.326 e. The van der Waals surface area contributed by atoms with Crippen LogP contribution in [-0.2, 0) is 16.0 Å². The van der Waals surface area contributed by atoms with E-state index in [1.54, 1.807) is 0 Å². The van der Waals surface area contributed by atoms with Gasteiger partial charge in [0.05, 0.1) is 0 Å². The molecule has 0 heterocycles. The average molecular weight is 388 g/mol. The van der Waals surface area contributed by atoms with Crippen molar-refractivity contribution in [1.82, 2.24) is 5.32 Å². The number of carboxylic acids is 1. The molecule has 0 aliphatic heterocycles. The first kappa shape index (κ1) is 16.7. The third-order valence-corrected chi connectivity index (χ3v) is 4.85. The highest BCUT2D eigenvalue weighted by Crippen LogP contribution is 2.47. The number of hydrogen-bond acceptors (Lipinski definition) is 2. The Labute approximate surface area is 149 Å². The molecule has 1 fully saturated rings. The molecule has 3 atom stereocenters. The summed E-state index contributed by atoms with van der Waals surface area (Å²) in [6.07, 6.45) is 1.06. The fourth-order valence-corrected chi connectivity index (χ4v) is 3.16. The molecule has 2 N–H and O–H groups in total. The molecule has 1 saturated carbocycles. The maximum absolute atomic E-state index is 12.4. The number of rotatable bonds is 6. The van der Waals surface area contributed by atoms with Gasteiger partial charge in [0.25, 0.3) is 0 Å². The fourth-order valence-electron chi connectivity index (χ4n) is 2.89. The molecule has 24 heavy (non-hydrogen) atoms. The van der Waals surface area contributed by atoms with Gasteiger partial charge in [-0.05, 0) is 35.6 Å². The van der Waals surface area contributed by atoms with Crippen LogP contribution in [0.2, 0.25) is 0 Å². The number of amides is 1. The summed E-state index contributed by atoms with van der Waals surface area (Å²) in [5, 5.41) is 12.1. The summed E-state index contributed by atoms with van der Waals surface area (Å²) in [7, 11) is 0. The Hall–Kier alpha value is -2.14. The van der Waals surface area contributed by atoms with Crippen LogP contribution in [0.3, 0.4) is 0 Å². The Balaban J connectivity index is 1.60. The molecule has 0 radical (unpaired) electrons. The molecular formula is C19H18BrNO3. The van der Waals surface area contributed by atoms with E-state index in [1.165, 1.54) is 0 Å². The van der Waals surface area contributed by atoms with E-state index in [0.29, 0.717) is 0 Å². The standard InChI is InChI=1S/C19H18BrNO3/c20-14-8-6-13(7-9-14)15-11-16(15)18(22)21-17(19(23)24)10-12-4-2-1-3-5-12/h1-9,15-17H,10-11H2,(H,21,22)(H,23,24). The van der Waals surface area contributed by atoms with Gasteiger partial charge < -0.3 is 10.4 Å². The predicted molar refractivity (Wildman–Crippen MR) is 94.7 cm³/mol. The van der Waals surface area contributed by atoms with Gasteiger partial charge in [0, 0.05) is 16.8 Å². The van der Waals surface area contributed by atoms with Crippen LogP contribution >= 0.6 is 15.9 Å². The Morgan fingerprint density at radius 2 is 1.79 bits per heavy atom. The lowest BCUT2D eigenvalue weighted by Crippen LogP contribution is -2.43. The predicted octanol–water partition coefficient (Wildman–Crippen LogP) is 3.36.